The molecule has 3 rings (SSSR count). The molecular weight excluding hydrogens is 300 g/mol. The molecule has 0 bridgehead atoms. The van der Waals surface area contributed by atoms with Crippen LogP contribution < -0.4 is 0 Å². The first-order valence-electron chi connectivity index (χ1n) is 7.78. The summed E-state index contributed by atoms with van der Waals surface area (Å²) in [5.74, 6) is -0.0257. The average Bonchev–Trinajstić information content (AvgIpc) is 2.62. The van der Waals surface area contributed by atoms with Crippen LogP contribution in [0.25, 0.3) is 0 Å². The summed E-state index contributed by atoms with van der Waals surface area (Å²) in [7, 11) is 0. The van der Waals surface area contributed by atoms with Crippen molar-refractivity contribution in [1.29, 1.82) is 0 Å². The van der Waals surface area contributed by atoms with Crippen LogP contribution in [0.4, 0.5) is 0 Å². The number of aldehydes is 1. The molecule has 0 heterocycles. The van der Waals surface area contributed by atoms with Crippen molar-refractivity contribution in [2.45, 2.75) is 12.8 Å². The fourth-order valence-electron chi connectivity index (χ4n) is 2.85. The summed E-state index contributed by atoms with van der Waals surface area (Å²) in [6.45, 7) is 0. The summed E-state index contributed by atoms with van der Waals surface area (Å²) in [4.78, 5) is 11.2. The molecule has 0 saturated carbocycles. The quantitative estimate of drug-likeness (QED) is 0.550. The van der Waals surface area contributed by atoms with Crippen molar-refractivity contribution in [2.75, 3.05) is 0 Å². The molecule has 120 valence electrons. The topological polar surface area (TPSA) is 57.5 Å². The van der Waals surface area contributed by atoms with Gasteiger partial charge < -0.3 is 10.2 Å². The van der Waals surface area contributed by atoms with Crippen molar-refractivity contribution in [3.63, 3.8) is 0 Å². The number of hydrogen-bond donors (Lipinski definition) is 2. The lowest BCUT2D eigenvalue weighted by Gasteiger charge is -2.15. The maximum absolute atomic E-state index is 11.2. The second-order valence-electron chi connectivity index (χ2n) is 5.73. The predicted molar refractivity (Wildman–Crippen MR) is 93.7 cm³/mol. The molecule has 24 heavy (non-hydrogen) atoms. The standard InChI is InChI=1S/C21H18O3/c22-14-17-13-20(23)18(11-15-7-3-1-4-8-15)19(21(17)24)12-16-9-5-2-6-10-16/h1-10,13-14,23-24H,11-12H2. The first-order chi connectivity index (χ1) is 11.7. The van der Waals surface area contributed by atoms with Crippen molar-refractivity contribution in [1.82, 2.24) is 0 Å². The number of benzene rings is 3. The normalized spacial score (nSPS) is 10.5. The Morgan fingerprint density at radius 2 is 1.25 bits per heavy atom. The Labute approximate surface area is 140 Å². The molecule has 3 heteroatoms. The van der Waals surface area contributed by atoms with Gasteiger partial charge in [0.05, 0.1) is 5.56 Å². The zero-order valence-electron chi connectivity index (χ0n) is 13.1. The second-order valence-corrected chi connectivity index (χ2v) is 5.73. The van der Waals surface area contributed by atoms with E-state index in [1.165, 1.54) is 6.07 Å². The monoisotopic (exact) mass is 318 g/mol. The highest BCUT2D eigenvalue weighted by Crippen LogP contribution is 2.35. The van der Waals surface area contributed by atoms with Gasteiger partial charge in [-0.1, -0.05) is 60.7 Å². The Morgan fingerprint density at radius 1 is 0.750 bits per heavy atom. The van der Waals surface area contributed by atoms with Gasteiger partial charge in [-0.25, -0.2) is 0 Å². The van der Waals surface area contributed by atoms with Crippen LogP contribution in [0.1, 0.15) is 32.6 Å². The van der Waals surface area contributed by atoms with E-state index in [0.29, 0.717) is 30.3 Å². The van der Waals surface area contributed by atoms with Crippen LogP contribution in [0, 0.1) is 0 Å². The van der Waals surface area contributed by atoms with Crippen LogP contribution in [0.3, 0.4) is 0 Å². The smallest absolute Gasteiger partial charge is 0.153 e. The van der Waals surface area contributed by atoms with E-state index < -0.39 is 0 Å². The van der Waals surface area contributed by atoms with Gasteiger partial charge in [-0.3, -0.25) is 4.79 Å². The predicted octanol–water partition coefficient (Wildman–Crippen LogP) is 4.09. The highest BCUT2D eigenvalue weighted by atomic mass is 16.3. The minimum Gasteiger partial charge on any atom is -0.508 e. The third-order valence-corrected chi connectivity index (χ3v) is 4.10. The van der Waals surface area contributed by atoms with Crippen molar-refractivity contribution in [2.24, 2.45) is 0 Å². The van der Waals surface area contributed by atoms with Gasteiger partial charge in [-0.15, -0.1) is 0 Å². The Bertz CT molecular complexity index is 840. The number of carbonyl (C=O) groups is 1. The maximum atomic E-state index is 11.2. The number of phenolic OH excluding ortho intramolecular Hbond substituents is 2. The van der Waals surface area contributed by atoms with Gasteiger partial charge in [0, 0.05) is 24.0 Å². The molecule has 0 aliphatic carbocycles. The zero-order chi connectivity index (χ0) is 16.9. The summed E-state index contributed by atoms with van der Waals surface area (Å²) in [5, 5.41) is 20.9. The van der Waals surface area contributed by atoms with E-state index in [9.17, 15) is 15.0 Å². The molecule has 0 radical (unpaired) electrons. The molecule has 0 atom stereocenters. The Morgan fingerprint density at radius 3 is 1.75 bits per heavy atom. The van der Waals surface area contributed by atoms with Crippen LogP contribution in [-0.2, 0) is 12.8 Å². The summed E-state index contributed by atoms with van der Waals surface area (Å²) < 4.78 is 0. The Kier molecular flexibility index (Phi) is 4.62. The number of rotatable bonds is 5. The third kappa shape index (κ3) is 3.30. The largest absolute Gasteiger partial charge is 0.508 e. The average molecular weight is 318 g/mol. The fraction of sp³-hybridized carbons (Fsp3) is 0.0952. The van der Waals surface area contributed by atoms with Gasteiger partial charge in [0.2, 0.25) is 0 Å². The van der Waals surface area contributed by atoms with Crippen molar-refractivity contribution < 1.29 is 15.0 Å². The van der Waals surface area contributed by atoms with E-state index >= 15 is 0 Å². The van der Waals surface area contributed by atoms with Crippen LogP contribution >= 0.6 is 0 Å². The van der Waals surface area contributed by atoms with Crippen LogP contribution in [0.15, 0.2) is 66.7 Å². The van der Waals surface area contributed by atoms with E-state index in [1.54, 1.807) is 0 Å². The lowest BCUT2D eigenvalue weighted by atomic mass is 9.91. The molecule has 3 nitrogen and oxygen atoms in total. The van der Waals surface area contributed by atoms with E-state index in [-0.39, 0.29) is 17.1 Å². The molecule has 0 saturated heterocycles. The molecule has 0 aliphatic rings. The fourth-order valence-corrected chi connectivity index (χ4v) is 2.85. The number of hydrogen-bond acceptors (Lipinski definition) is 3. The van der Waals surface area contributed by atoms with Gasteiger partial charge in [-0.05, 0) is 17.2 Å². The van der Waals surface area contributed by atoms with E-state index in [2.05, 4.69) is 0 Å². The lowest BCUT2D eigenvalue weighted by molar-refractivity contribution is 0.112. The van der Waals surface area contributed by atoms with Crippen molar-refractivity contribution in [3.8, 4) is 11.5 Å². The van der Waals surface area contributed by atoms with Crippen LogP contribution in [0.2, 0.25) is 0 Å². The molecule has 3 aromatic rings. The molecule has 2 N–H and O–H groups in total. The third-order valence-electron chi connectivity index (χ3n) is 4.10. The zero-order valence-corrected chi connectivity index (χ0v) is 13.1. The Balaban J connectivity index is 2.09. The van der Waals surface area contributed by atoms with Gasteiger partial charge in [0.25, 0.3) is 0 Å². The first kappa shape index (κ1) is 15.8. The summed E-state index contributed by atoms with van der Waals surface area (Å²) in [6.07, 6.45) is 1.50. The van der Waals surface area contributed by atoms with Crippen LogP contribution in [-0.4, -0.2) is 16.5 Å². The Hall–Kier alpha value is -3.07. The van der Waals surface area contributed by atoms with Gasteiger partial charge in [0.15, 0.2) is 6.29 Å². The minimum atomic E-state index is -0.0578. The highest BCUT2D eigenvalue weighted by Gasteiger charge is 2.18. The minimum absolute atomic E-state index is 0.0321. The van der Waals surface area contributed by atoms with Crippen LogP contribution in [0.5, 0.6) is 11.5 Å². The van der Waals surface area contributed by atoms with Crippen molar-refractivity contribution >= 4 is 6.29 Å². The van der Waals surface area contributed by atoms with E-state index in [1.807, 2.05) is 60.7 Å². The molecular formula is C21H18O3. The number of carbonyl (C=O) groups excluding carboxylic acids is 1. The highest BCUT2D eigenvalue weighted by molar-refractivity contribution is 5.82. The van der Waals surface area contributed by atoms with E-state index in [4.69, 9.17) is 0 Å². The van der Waals surface area contributed by atoms with Crippen molar-refractivity contribution in [3.05, 3.63) is 94.5 Å². The van der Waals surface area contributed by atoms with Gasteiger partial charge >= 0.3 is 0 Å². The SMILES string of the molecule is O=Cc1cc(O)c(Cc2ccccc2)c(Cc2ccccc2)c1O. The molecule has 0 aliphatic heterocycles. The lowest BCUT2D eigenvalue weighted by Crippen LogP contribution is -2.01. The molecule has 0 fully saturated rings. The molecule has 0 aromatic heterocycles. The molecule has 3 aromatic carbocycles. The molecule has 0 spiro atoms. The first-order valence-corrected chi connectivity index (χ1v) is 7.78. The second kappa shape index (κ2) is 7.01. The maximum Gasteiger partial charge on any atom is 0.153 e. The van der Waals surface area contributed by atoms with Gasteiger partial charge in [-0.2, -0.15) is 0 Å². The molecule has 0 amide bonds. The summed E-state index contributed by atoms with van der Waals surface area (Å²) >= 11 is 0. The molecule has 0 unspecified atom stereocenters. The van der Waals surface area contributed by atoms with Gasteiger partial charge in [0.1, 0.15) is 11.5 Å². The summed E-state index contributed by atoms with van der Waals surface area (Å²) in [5.41, 5.74) is 3.38. The summed E-state index contributed by atoms with van der Waals surface area (Å²) in [6, 6.07) is 20.7. The number of aromatic hydroxyl groups is 2. The number of phenols is 2. The van der Waals surface area contributed by atoms with E-state index in [0.717, 1.165) is 11.1 Å².